The minimum atomic E-state index is -0.0702. The lowest BCUT2D eigenvalue weighted by Crippen LogP contribution is -2.26. The SMILES string of the molecule is Cc1nc(C(C)C)ncc1C(=O)NCCC1=CCCCC1. The van der Waals surface area contributed by atoms with Gasteiger partial charge in [0.05, 0.1) is 11.3 Å². The van der Waals surface area contributed by atoms with E-state index in [1.807, 2.05) is 20.8 Å². The van der Waals surface area contributed by atoms with E-state index in [-0.39, 0.29) is 11.8 Å². The maximum absolute atomic E-state index is 12.2. The van der Waals surface area contributed by atoms with Gasteiger partial charge >= 0.3 is 0 Å². The first-order chi connectivity index (χ1) is 10.1. The molecule has 0 radical (unpaired) electrons. The molecule has 1 aromatic rings. The van der Waals surface area contributed by atoms with E-state index in [0.717, 1.165) is 17.9 Å². The molecule has 0 aromatic carbocycles. The van der Waals surface area contributed by atoms with Gasteiger partial charge in [0.2, 0.25) is 0 Å². The molecule has 2 rings (SSSR count). The summed E-state index contributed by atoms with van der Waals surface area (Å²) in [6.07, 6.45) is 9.87. The van der Waals surface area contributed by atoms with E-state index in [9.17, 15) is 4.79 Å². The quantitative estimate of drug-likeness (QED) is 0.843. The molecule has 0 saturated heterocycles. The van der Waals surface area contributed by atoms with Crippen LogP contribution in [0.3, 0.4) is 0 Å². The second-order valence-corrected chi connectivity index (χ2v) is 6.00. The number of allylic oxidation sites excluding steroid dienone is 1. The Balaban J connectivity index is 1.89. The Labute approximate surface area is 127 Å². The number of aromatic nitrogens is 2. The molecule has 1 aromatic heterocycles. The van der Waals surface area contributed by atoms with Gasteiger partial charge in [-0.1, -0.05) is 25.5 Å². The van der Waals surface area contributed by atoms with Gasteiger partial charge in [0.15, 0.2) is 0 Å². The molecule has 4 nitrogen and oxygen atoms in total. The molecule has 0 unspecified atom stereocenters. The van der Waals surface area contributed by atoms with Gasteiger partial charge in [-0.3, -0.25) is 4.79 Å². The Bertz CT molecular complexity index is 535. The predicted molar refractivity (Wildman–Crippen MR) is 84.4 cm³/mol. The van der Waals surface area contributed by atoms with Crippen molar-refractivity contribution in [2.24, 2.45) is 0 Å². The summed E-state index contributed by atoms with van der Waals surface area (Å²) >= 11 is 0. The van der Waals surface area contributed by atoms with Crippen LogP contribution in [0.2, 0.25) is 0 Å². The smallest absolute Gasteiger partial charge is 0.254 e. The van der Waals surface area contributed by atoms with Crippen molar-refractivity contribution in [3.63, 3.8) is 0 Å². The lowest BCUT2D eigenvalue weighted by atomic mass is 9.97. The van der Waals surface area contributed by atoms with Crippen molar-refractivity contribution in [2.75, 3.05) is 6.54 Å². The van der Waals surface area contributed by atoms with Crippen LogP contribution >= 0.6 is 0 Å². The van der Waals surface area contributed by atoms with Gasteiger partial charge in [0.25, 0.3) is 5.91 Å². The molecule has 0 bridgehead atoms. The van der Waals surface area contributed by atoms with Gasteiger partial charge in [0.1, 0.15) is 5.82 Å². The van der Waals surface area contributed by atoms with Crippen molar-refractivity contribution in [2.45, 2.75) is 58.8 Å². The Morgan fingerprint density at radius 3 is 2.81 bits per heavy atom. The zero-order valence-corrected chi connectivity index (χ0v) is 13.3. The first-order valence-corrected chi connectivity index (χ1v) is 7.87. The molecule has 1 aliphatic carbocycles. The lowest BCUT2D eigenvalue weighted by Gasteiger charge is -2.13. The Morgan fingerprint density at radius 1 is 1.38 bits per heavy atom. The van der Waals surface area contributed by atoms with Crippen LogP contribution in [-0.2, 0) is 0 Å². The largest absolute Gasteiger partial charge is 0.352 e. The van der Waals surface area contributed by atoms with Gasteiger partial charge in [-0.05, 0) is 39.0 Å². The summed E-state index contributed by atoms with van der Waals surface area (Å²) < 4.78 is 0. The number of aryl methyl sites for hydroxylation is 1. The number of rotatable bonds is 5. The van der Waals surface area contributed by atoms with Gasteiger partial charge in [-0.2, -0.15) is 0 Å². The summed E-state index contributed by atoms with van der Waals surface area (Å²) in [4.78, 5) is 20.9. The molecular weight excluding hydrogens is 262 g/mol. The Kier molecular flexibility index (Phi) is 5.48. The number of hydrogen-bond donors (Lipinski definition) is 1. The molecule has 1 amide bonds. The Hall–Kier alpha value is -1.71. The van der Waals surface area contributed by atoms with Crippen LogP contribution in [0.15, 0.2) is 17.8 Å². The molecule has 0 aliphatic heterocycles. The summed E-state index contributed by atoms with van der Waals surface area (Å²) in [7, 11) is 0. The first kappa shape index (κ1) is 15.7. The molecule has 1 heterocycles. The molecule has 21 heavy (non-hydrogen) atoms. The first-order valence-electron chi connectivity index (χ1n) is 7.87. The van der Waals surface area contributed by atoms with Crippen molar-refractivity contribution >= 4 is 5.91 Å². The molecule has 114 valence electrons. The highest BCUT2D eigenvalue weighted by molar-refractivity contribution is 5.94. The van der Waals surface area contributed by atoms with Crippen molar-refractivity contribution in [1.82, 2.24) is 15.3 Å². The molecule has 0 saturated carbocycles. The predicted octanol–water partition coefficient (Wildman–Crippen LogP) is 3.53. The molecular formula is C17H25N3O. The third kappa shape index (κ3) is 4.38. The van der Waals surface area contributed by atoms with Gasteiger partial charge in [0, 0.05) is 18.7 Å². The average Bonchev–Trinajstić information content (AvgIpc) is 2.48. The number of nitrogens with one attached hydrogen (secondary N) is 1. The van der Waals surface area contributed by atoms with E-state index in [0.29, 0.717) is 12.1 Å². The van der Waals surface area contributed by atoms with E-state index in [1.165, 1.54) is 31.3 Å². The van der Waals surface area contributed by atoms with Crippen LogP contribution < -0.4 is 5.32 Å². The van der Waals surface area contributed by atoms with E-state index in [1.54, 1.807) is 6.20 Å². The summed E-state index contributed by atoms with van der Waals surface area (Å²) in [5.41, 5.74) is 2.81. The van der Waals surface area contributed by atoms with Crippen molar-refractivity contribution in [1.29, 1.82) is 0 Å². The van der Waals surface area contributed by atoms with Gasteiger partial charge in [-0.15, -0.1) is 0 Å². The van der Waals surface area contributed by atoms with Crippen LogP contribution in [0.25, 0.3) is 0 Å². The fraction of sp³-hybridized carbons (Fsp3) is 0.588. The second kappa shape index (κ2) is 7.34. The maximum atomic E-state index is 12.2. The molecule has 0 spiro atoms. The third-order valence-electron chi connectivity index (χ3n) is 3.88. The van der Waals surface area contributed by atoms with Gasteiger partial charge in [-0.25, -0.2) is 9.97 Å². The summed E-state index contributed by atoms with van der Waals surface area (Å²) in [6, 6.07) is 0. The number of carbonyl (C=O) groups is 1. The van der Waals surface area contributed by atoms with Gasteiger partial charge < -0.3 is 5.32 Å². The van der Waals surface area contributed by atoms with Crippen molar-refractivity contribution in [3.05, 3.63) is 34.9 Å². The minimum absolute atomic E-state index is 0.0702. The highest BCUT2D eigenvalue weighted by Gasteiger charge is 2.13. The highest BCUT2D eigenvalue weighted by atomic mass is 16.1. The second-order valence-electron chi connectivity index (χ2n) is 6.00. The van der Waals surface area contributed by atoms with Crippen LogP contribution in [0, 0.1) is 6.92 Å². The number of nitrogens with zero attached hydrogens (tertiary/aromatic N) is 2. The zero-order chi connectivity index (χ0) is 15.2. The number of carbonyl (C=O) groups excluding carboxylic acids is 1. The standard InChI is InChI=1S/C17H25N3O/c1-12(2)16-19-11-15(13(3)20-16)17(21)18-10-9-14-7-5-4-6-8-14/h7,11-12H,4-6,8-10H2,1-3H3,(H,18,21). The molecule has 4 heteroatoms. The minimum Gasteiger partial charge on any atom is -0.352 e. The Morgan fingerprint density at radius 2 is 2.19 bits per heavy atom. The van der Waals surface area contributed by atoms with Crippen LogP contribution in [0.1, 0.15) is 73.7 Å². The highest BCUT2D eigenvalue weighted by Crippen LogP contribution is 2.19. The number of hydrogen-bond acceptors (Lipinski definition) is 3. The topological polar surface area (TPSA) is 54.9 Å². The lowest BCUT2D eigenvalue weighted by molar-refractivity contribution is 0.0952. The summed E-state index contributed by atoms with van der Waals surface area (Å²) in [5.74, 6) is 0.995. The van der Waals surface area contributed by atoms with E-state index >= 15 is 0 Å². The zero-order valence-electron chi connectivity index (χ0n) is 13.3. The molecule has 0 fully saturated rings. The maximum Gasteiger partial charge on any atom is 0.254 e. The van der Waals surface area contributed by atoms with Crippen molar-refractivity contribution < 1.29 is 4.79 Å². The van der Waals surface area contributed by atoms with Crippen LogP contribution in [0.4, 0.5) is 0 Å². The van der Waals surface area contributed by atoms with E-state index in [2.05, 4.69) is 21.4 Å². The summed E-state index contributed by atoms with van der Waals surface area (Å²) in [5, 5.41) is 2.98. The van der Waals surface area contributed by atoms with Crippen LogP contribution in [0.5, 0.6) is 0 Å². The monoisotopic (exact) mass is 287 g/mol. The molecule has 1 N–H and O–H groups in total. The van der Waals surface area contributed by atoms with E-state index in [4.69, 9.17) is 0 Å². The number of amides is 1. The van der Waals surface area contributed by atoms with E-state index < -0.39 is 0 Å². The fourth-order valence-electron chi connectivity index (χ4n) is 2.55. The summed E-state index contributed by atoms with van der Waals surface area (Å²) in [6.45, 7) is 6.65. The molecule has 0 atom stereocenters. The average molecular weight is 287 g/mol. The van der Waals surface area contributed by atoms with Crippen LogP contribution in [-0.4, -0.2) is 22.4 Å². The fourth-order valence-corrected chi connectivity index (χ4v) is 2.55. The van der Waals surface area contributed by atoms with Crippen molar-refractivity contribution in [3.8, 4) is 0 Å². The third-order valence-corrected chi connectivity index (χ3v) is 3.88. The molecule has 1 aliphatic rings. The normalized spacial score (nSPS) is 15.0.